The van der Waals surface area contributed by atoms with Crippen LogP contribution in [0.15, 0.2) is 36.4 Å². The summed E-state index contributed by atoms with van der Waals surface area (Å²) in [5.74, 6) is 0. The fourth-order valence-corrected chi connectivity index (χ4v) is 2.27. The van der Waals surface area contributed by atoms with E-state index in [0.29, 0.717) is 10.8 Å². The lowest BCUT2D eigenvalue weighted by Gasteiger charge is -2.12. The largest absolute Gasteiger partial charge is 0.332 e. The highest BCUT2D eigenvalue weighted by molar-refractivity contribution is 7.80. The quantitative estimate of drug-likeness (QED) is 0.484. The number of benzene rings is 2. The summed E-state index contributed by atoms with van der Waals surface area (Å²) in [6.45, 7) is 4.04. The maximum atomic E-state index is 10.9. The lowest BCUT2D eigenvalue weighted by atomic mass is 10.1. The fourth-order valence-electron chi connectivity index (χ4n) is 1.84. The van der Waals surface area contributed by atoms with E-state index in [4.69, 9.17) is 23.8 Å². The van der Waals surface area contributed by atoms with E-state index in [2.05, 4.69) is 10.6 Å². The lowest BCUT2D eigenvalue weighted by molar-refractivity contribution is -0.384. The van der Waals surface area contributed by atoms with Gasteiger partial charge in [-0.3, -0.25) is 10.1 Å². The second kappa shape index (κ2) is 6.72. The number of hydrogen-bond donors (Lipinski definition) is 2. The summed E-state index contributed by atoms with van der Waals surface area (Å²) in [5, 5.41) is 17.2. The van der Waals surface area contributed by atoms with Crippen molar-refractivity contribution in [1.82, 2.24) is 0 Å². The molecule has 2 N–H and O–H groups in total. The van der Waals surface area contributed by atoms with Gasteiger partial charge in [0.15, 0.2) is 5.11 Å². The maximum absolute atomic E-state index is 10.9. The van der Waals surface area contributed by atoms with Gasteiger partial charge in [-0.1, -0.05) is 17.7 Å². The molecule has 114 valence electrons. The zero-order chi connectivity index (χ0) is 16.3. The Morgan fingerprint density at radius 1 is 1.09 bits per heavy atom. The number of rotatable bonds is 3. The van der Waals surface area contributed by atoms with Crippen LogP contribution in [0.5, 0.6) is 0 Å². The summed E-state index contributed by atoms with van der Waals surface area (Å²) in [6.07, 6.45) is 0. The van der Waals surface area contributed by atoms with E-state index in [9.17, 15) is 10.1 Å². The van der Waals surface area contributed by atoms with Gasteiger partial charge in [0.25, 0.3) is 5.69 Å². The Balaban J connectivity index is 2.10. The minimum atomic E-state index is -0.534. The molecule has 0 saturated carbocycles. The first-order chi connectivity index (χ1) is 10.4. The number of halogens is 1. The predicted octanol–water partition coefficient (Wildman–Crippen LogP) is 4.67. The van der Waals surface area contributed by atoms with Crippen LogP contribution in [0.3, 0.4) is 0 Å². The van der Waals surface area contributed by atoms with E-state index in [-0.39, 0.29) is 10.7 Å². The minimum Gasteiger partial charge on any atom is -0.332 e. The van der Waals surface area contributed by atoms with Gasteiger partial charge >= 0.3 is 0 Å². The molecule has 22 heavy (non-hydrogen) atoms. The third kappa shape index (κ3) is 3.93. The normalized spacial score (nSPS) is 10.1. The van der Waals surface area contributed by atoms with Crippen molar-refractivity contribution in [3.8, 4) is 0 Å². The third-order valence-corrected chi connectivity index (χ3v) is 3.69. The molecule has 0 spiro atoms. The number of hydrogen-bond acceptors (Lipinski definition) is 3. The van der Waals surface area contributed by atoms with Crippen LogP contribution < -0.4 is 10.6 Å². The third-order valence-electron chi connectivity index (χ3n) is 3.17. The second-order valence-corrected chi connectivity index (χ2v) is 5.62. The van der Waals surface area contributed by atoms with Gasteiger partial charge in [-0.2, -0.15) is 0 Å². The summed E-state index contributed by atoms with van der Waals surface area (Å²) in [6, 6.07) is 10.3. The van der Waals surface area contributed by atoms with Gasteiger partial charge in [-0.25, -0.2) is 0 Å². The first-order valence-corrected chi connectivity index (χ1v) is 7.24. The highest BCUT2D eigenvalue weighted by atomic mass is 35.5. The van der Waals surface area contributed by atoms with Gasteiger partial charge in [0.2, 0.25) is 0 Å². The number of nitro groups is 1. The Hall–Kier alpha value is -2.18. The predicted molar refractivity (Wildman–Crippen MR) is 93.9 cm³/mol. The number of thiocarbonyl (C=S) groups is 1. The molecule has 0 heterocycles. The van der Waals surface area contributed by atoms with E-state index in [1.807, 2.05) is 32.0 Å². The van der Waals surface area contributed by atoms with Crippen LogP contribution in [-0.4, -0.2) is 10.0 Å². The molecule has 0 bridgehead atoms. The topological polar surface area (TPSA) is 67.2 Å². The van der Waals surface area contributed by atoms with Gasteiger partial charge in [-0.15, -0.1) is 0 Å². The molecule has 0 aliphatic carbocycles. The van der Waals surface area contributed by atoms with Crippen molar-refractivity contribution in [2.75, 3.05) is 10.6 Å². The molecule has 5 nitrogen and oxygen atoms in total. The van der Waals surface area contributed by atoms with Gasteiger partial charge in [0.1, 0.15) is 5.02 Å². The van der Waals surface area contributed by atoms with Crippen LogP contribution in [-0.2, 0) is 0 Å². The molecule has 0 radical (unpaired) electrons. The van der Waals surface area contributed by atoms with Crippen LogP contribution in [0, 0.1) is 24.0 Å². The highest BCUT2D eigenvalue weighted by Crippen LogP contribution is 2.27. The van der Waals surface area contributed by atoms with E-state index in [0.717, 1.165) is 11.3 Å². The van der Waals surface area contributed by atoms with Gasteiger partial charge in [0, 0.05) is 17.4 Å². The van der Waals surface area contributed by atoms with Crippen molar-refractivity contribution < 1.29 is 4.92 Å². The molecule has 0 atom stereocenters. The molecule has 0 unspecified atom stereocenters. The molecule has 0 saturated heterocycles. The van der Waals surface area contributed by atoms with Gasteiger partial charge in [0.05, 0.1) is 4.92 Å². The Labute approximate surface area is 138 Å². The smallest absolute Gasteiger partial charge is 0.289 e. The summed E-state index contributed by atoms with van der Waals surface area (Å²) in [5.41, 5.74) is 3.52. The van der Waals surface area contributed by atoms with Crippen molar-refractivity contribution in [3.05, 3.63) is 62.7 Å². The van der Waals surface area contributed by atoms with Crippen molar-refractivity contribution in [2.45, 2.75) is 13.8 Å². The fraction of sp³-hybridized carbons (Fsp3) is 0.133. The molecular formula is C15H14ClN3O2S. The molecule has 0 aromatic heterocycles. The van der Waals surface area contributed by atoms with Crippen LogP contribution >= 0.6 is 23.8 Å². The zero-order valence-electron chi connectivity index (χ0n) is 12.0. The molecule has 7 heteroatoms. The molecule has 0 fully saturated rings. The van der Waals surface area contributed by atoms with E-state index in [1.54, 1.807) is 6.07 Å². The number of aryl methyl sites for hydroxylation is 2. The van der Waals surface area contributed by atoms with Gasteiger partial charge in [-0.05, 0) is 61.5 Å². The monoisotopic (exact) mass is 335 g/mol. The Bertz CT molecular complexity index is 750. The maximum Gasteiger partial charge on any atom is 0.289 e. The average molecular weight is 336 g/mol. The van der Waals surface area contributed by atoms with Crippen LogP contribution in [0.1, 0.15) is 11.1 Å². The zero-order valence-corrected chi connectivity index (χ0v) is 13.6. The lowest BCUT2D eigenvalue weighted by Crippen LogP contribution is -2.19. The first kappa shape index (κ1) is 16.2. The molecular weight excluding hydrogens is 322 g/mol. The van der Waals surface area contributed by atoms with E-state index in [1.165, 1.54) is 17.7 Å². The molecule has 0 aliphatic rings. The Morgan fingerprint density at radius 2 is 1.68 bits per heavy atom. The second-order valence-electron chi connectivity index (χ2n) is 4.80. The van der Waals surface area contributed by atoms with Crippen LogP contribution in [0.4, 0.5) is 17.1 Å². The van der Waals surface area contributed by atoms with Crippen molar-refractivity contribution in [2.24, 2.45) is 0 Å². The van der Waals surface area contributed by atoms with Gasteiger partial charge < -0.3 is 10.6 Å². The molecule has 0 aliphatic heterocycles. The molecule has 2 rings (SSSR count). The number of nitro benzene ring substituents is 1. The highest BCUT2D eigenvalue weighted by Gasteiger charge is 2.13. The molecule has 0 amide bonds. The van der Waals surface area contributed by atoms with Crippen molar-refractivity contribution >= 4 is 46.0 Å². The Morgan fingerprint density at radius 3 is 2.27 bits per heavy atom. The summed E-state index contributed by atoms with van der Waals surface area (Å²) in [4.78, 5) is 10.3. The molecule has 2 aromatic rings. The SMILES string of the molecule is Cc1ccc(NC(=S)Nc2ccc(Cl)c([N+](=O)[O-])c2)cc1C. The van der Waals surface area contributed by atoms with Crippen molar-refractivity contribution in [1.29, 1.82) is 0 Å². The minimum absolute atomic E-state index is 0.0867. The van der Waals surface area contributed by atoms with E-state index < -0.39 is 4.92 Å². The molecule has 2 aromatic carbocycles. The summed E-state index contributed by atoms with van der Waals surface area (Å²) in [7, 11) is 0. The number of anilines is 2. The standard InChI is InChI=1S/C15H14ClN3O2S/c1-9-3-4-11(7-10(9)2)17-15(22)18-12-5-6-13(16)14(8-12)19(20)21/h3-8H,1-2H3,(H2,17,18,22). The number of nitrogens with one attached hydrogen (secondary N) is 2. The van der Waals surface area contributed by atoms with Crippen LogP contribution in [0.2, 0.25) is 5.02 Å². The average Bonchev–Trinajstić information content (AvgIpc) is 2.44. The van der Waals surface area contributed by atoms with Crippen molar-refractivity contribution in [3.63, 3.8) is 0 Å². The van der Waals surface area contributed by atoms with Crippen LogP contribution in [0.25, 0.3) is 0 Å². The Kier molecular flexibility index (Phi) is 4.95. The number of nitrogens with zero attached hydrogens (tertiary/aromatic N) is 1. The summed E-state index contributed by atoms with van der Waals surface area (Å²) >= 11 is 11.0. The van der Waals surface area contributed by atoms with E-state index >= 15 is 0 Å². The first-order valence-electron chi connectivity index (χ1n) is 6.46. The summed E-state index contributed by atoms with van der Waals surface area (Å²) < 4.78 is 0.